The molecule has 0 aromatic carbocycles. The summed E-state index contributed by atoms with van der Waals surface area (Å²) in [6.07, 6.45) is 2.61. The minimum absolute atomic E-state index is 0.0443. The van der Waals surface area contributed by atoms with E-state index in [1.54, 1.807) is 0 Å². The molecule has 4 nitrogen and oxygen atoms in total. The van der Waals surface area contributed by atoms with Gasteiger partial charge in [0.15, 0.2) is 0 Å². The summed E-state index contributed by atoms with van der Waals surface area (Å²) in [7, 11) is 0. The molecular formula is C11H22N2O2. The lowest BCUT2D eigenvalue weighted by molar-refractivity contribution is -0.134. The van der Waals surface area contributed by atoms with E-state index in [0.29, 0.717) is 12.5 Å². The molecule has 1 fully saturated rings. The summed E-state index contributed by atoms with van der Waals surface area (Å²) < 4.78 is 0. The molecule has 3 N–H and O–H groups in total. The van der Waals surface area contributed by atoms with Crippen LogP contribution >= 0.6 is 0 Å². The van der Waals surface area contributed by atoms with Gasteiger partial charge in [-0.25, -0.2) is 0 Å². The van der Waals surface area contributed by atoms with Crippen LogP contribution in [0.15, 0.2) is 0 Å². The van der Waals surface area contributed by atoms with E-state index in [9.17, 15) is 4.79 Å². The first kappa shape index (κ1) is 12.5. The van der Waals surface area contributed by atoms with Crippen LogP contribution in [0.1, 0.15) is 26.2 Å². The van der Waals surface area contributed by atoms with Crippen molar-refractivity contribution in [3.05, 3.63) is 0 Å². The van der Waals surface area contributed by atoms with Crippen LogP contribution in [0.2, 0.25) is 0 Å². The van der Waals surface area contributed by atoms with Gasteiger partial charge in [-0.2, -0.15) is 0 Å². The molecule has 0 aromatic heterocycles. The Morgan fingerprint density at radius 1 is 1.67 bits per heavy atom. The maximum Gasteiger partial charge on any atom is 0.225 e. The fourth-order valence-corrected chi connectivity index (χ4v) is 2.14. The number of carbonyl (C=O) groups excluding carboxylic acids is 1. The minimum Gasteiger partial charge on any atom is -0.396 e. The molecule has 2 unspecified atom stereocenters. The highest BCUT2D eigenvalue weighted by Crippen LogP contribution is 2.21. The third kappa shape index (κ3) is 3.47. The molecule has 1 aliphatic rings. The fourth-order valence-electron chi connectivity index (χ4n) is 2.14. The third-order valence-corrected chi connectivity index (χ3v) is 3.16. The van der Waals surface area contributed by atoms with Crippen LogP contribution in [0.5, 0.6) is 0 Å². The number of aliphatic hydroxyl groups excluding tert-OH is 1. The molecule has 1 saturated heterocycles. The maximum absolute atomic E-state index is 11.9. The first-order valence-electron chi connectivity index (χ1n) is 5.78. The van der Waals surface area contributed by atoms with Crippen molar-refractivity contribution in [3.63, 3.8) is 0 Å². The second-order valence-corrected chi connectivity index (χ2v) is 4.43. The van der Waals surface area contributed by atoms with Gasteiger partial charge >= 0.3 is 0 Å². The quantitative estimate of drug-likeness (QED) is 0.687. The van der Waals surface area contributed by atoms with Crippen molar-refractivity contribution in [2.75, 3.05) is 26.2 Å². The lowest BCUT2D eigenvalue weighted by atomic mass is 10.1. The zero-order valence-corrected chi connectivity index (χ0v) is 9.48. The van der Waals surface area contributed by atoms with Gasteiger partial charge in [0, 0.05) is 25.6 Å². The molecule has 2 atom stereocenters. The van der Waals surface area contributed by atoms with Crippen molar-refractivity contribution in [1.29, 1.82) is 0 Å². The Bertz CT molecular complexity index is 209. The molecule has 1 amide bonds. The zero-order chi connectivity index (χ0) is 11.3. The van der Waals surface area contributed by atoms with Crippen LogP contribution in [0.25, 0.3) is 0 Å². The Kier molecular flexibility index (Phi) is 5.05. The minimum atomic E-state index is 0.0443. The van der Waals surface area contributed by atoms with E-state index in [1.807, 2.05) is 11.8 Å². The van der Waals surface area contributed by atoms with Gasteiger partial charge in [0.25, 0.3) is 0 Å². The molecule has 4 heteroatoms. The van der Waals surface area contributed by atoms with Crippen LogP contribution < -0.4 is 5.73 Å². The van der Waals surface area contributed by atoms with E-state index in [0.717, 1.165) is 32.4 Å². The summed E-state index contributed by atoms with van der Waals surface area (Å²) in [5.74, 6) is 0.757. The van der Waals surface area contributed by atoms with Crippen LogP contribution in [0.3, 0.4) is 0 Å². The highest BCUT2D eigenvalue weighted by Gasteiger charge is 2.28. The van der Waals surface area contributed by atoms with Crippen LogP contribution in [-0.4, -0.2) is 42.2 Å². The highest BCUT2D eigenvalue weighted by molar-refractivity contribution is 5.78. The first-order chi connectivity index (χ1) is 7.19. The molecule has 15 heavy (non-hydrogen) atoms. The van der Waals surface area contributed by atoms with Crippen LogP contribution in [0, 0.1) is 11.8 Å². The Morgan fingerprint density at radius 2 is 2.40 bits per heavy atom. The second-order valence-electron chi connectivity index (χ2n) is 4.43. The number of nitrogens with two attached hydrogens (primary N) is 1. The van der Waals surface area contributed by atoms with Gasteiger partial charge < -0.3 is 15.7 Å². The van der Waals surface area contributed by atoms with E-state index in [1.165, 1.54) is 0 Å². The maximum atomic E-state index is 11.9. The Hall–Kier alpha value is -0.610. The summed E-state index contributed by atoms with van der Waals surface area (Å²) in [6.45, 7) is 4.40. The van der Waals surface area contributed by atoms with Gasteiger partial charge in [-0.05, 0) is 31.7 Å². The monoisotopic (exact) mass is 214 g/mol. The Morgan fingerprint density at radius 3 is 3.00 bits per heavy atom. The van der Waals surface area contributed by atoms with E-state index in [4.69, 9.17) is 10.8 Å². The summed E-state index contributed by atoms with van der Waals surface area (Å²) in [5.41, 5.74) is 5.44. The molecule has 1 rings (SSSR count). The lowest BCUT2D eigenvalue weighted by Gasteiger charge is -2.20. The predicted molar refractivity (Wildman–Crippen MR) is 59.2 cm³/mol. The molecule has 0 spiro atoms. The molecule has 0 bridgehead atoms. The predicted octanol–water partition coefficient (Wildman–Crippen LogP) is 0.202. The number of amides is 1. The fraction of sp³-hybridized carbons (Fsp3) is 0.909. The average Bonchev–Trinajstić information content (AvgIpc) is 2.66. The van der Waals surface area contributed by atoms with E-state index >= 15 is 0 Å². The topological polar surface area (TPSA) is 66.6 Å². The van der Waals surface area contributed by atoms with E-state index < -0.39 is 0 Å². The standard InChI is InChI=1S/C11H22N2O2/c1-9(2-5-12)11(15)13-6-3-10(8-13)4-7-14/h9-10,14H,2-8,12H2,1H3. The van der Waals surface area contributed by atoms with Gasteiger partial charge in [0.2, 0.25) is 5.91 Å². The number of hydrogen-bond donors (Lipinski definition) is 2. The smallest absolute Gasteiger partial charge is 0.225 e. The molecule has 0 aliphatic carbocycles. The average molecular weight is 214 g/mol. The van der Waals surface area contributed by atoms with Gasteiger partial charge in [0.05, 0.1) is 0 Å². The van der Waals surface area contributed by atoms with E-state index in [-0.39, 0.29) is 18.4 Å². The van der Waals surface area contributed by atoms with Crippen molar-refractivity contribution >= 4 is 5.91 Å². The van der Waals surface area contributed by atoms with Gasteiger partial charge in [-0.15, -0.1) is 0 Å². The third-order valence-electron chi connectivity index (χ3n) is 3.16. The van der Waals surface area contributed by atoms with Gasteiger partial charge in [-0.1, -0.05) is 6.92 Å². The molecule has 88 valence electrons. The Labute approximate surface area is 91.4 Å². The highest BCUT2D eigenvalue weighted by atomic mass is 16.3. The van der Waals surface area contributed by atoms with Crippen molar-refractivity contribution in [1.82, 2.24) is 4.90 Å². The van der Waals surface area contributed by atoms with Crippen LogP contribution in [0.4, 0.5) is 0 Å². The lowest BCUT2D eigenvalue weighted by Crippen LogP contribution is -2.34. The summed E-state index contributed by atoms with van der Waals surface area (Å²) in [4.78, 5) is 13.8. The van der Waals surface area contributed by atoms with Crippen LogP contribution in [-0.2, 0) is 4.79 Å². The van der Waals surface area contributed by atoms with Crippen molar-refractivity contribution in [2.24, 2.45) is 17.6 Å². The van der Waals surface area contributed by atoms with Crippen molar-refractivity contribution < 1.29 is 9.90 Å². The number of nitrogens with zero attached hydrogens (tertiary/aromatic N) is 1. The first-order valence-corrected chi connectivity index (χ1v) is 5.78. The summed E-state index contributed by atoms with van der Waals surface area (Å²) in [6, 6.07) is 0. The normalized spacial score (nSPS) is 23.1. The molecular weight excluding hydrogens is 192 g/mol. The zero-order valence-electron chi connectivity index (χ0n) is 9.48. The molecule has 0 aromatic rings. The molecule has 1 aliphatic heterocycles. The van der Waals surface area contributed by atoms with Gasteiger partial charge in [0.1, 0.15) is 0 Å². The number of rotatable bonds is 5. The largest absolute Gasteiger partial charge is 0.396 e. The Balaban J connectivity index is 2.35. The molecule has 0 saturated carbocycles. The molecule has 0 radical (unpaired) electrons. The summed E-state index contributed by atoms with van der Waals surface area (Å²) >= 11 is 0. The van der Waals surface area contributed by atoms with E-state index in [2.05, 4.69) is 0 Å². The van der Waals surface area contributed by atoms with Gasteiger partial charge in [-0.3, -0.25) is 4.79 Å². The number of hydrogen-bond acceptors (Lipinski definition) is 3. The molecule has 1 heterocycles. The SMILES string of the molecule is CC(CCN)C(=O)N1CCC(CCO)C1. The van der Waals surface area contributed by atoms with Crippen molar-refractivity contribution in [3.8, 4) is 0 Å². The number of carbonyl (C=O) groups is 1. The second kappa shape index (κ2) is 6.08. The number of aliphatic hydroxyl groups is 1. The van der Waals surface area contributed by atoms with Crippen molar-refractivity contribution in [2.45, 2.75) is 26.2 Å². The number of likely N-dealkylation sites (tertiary alicyclic amines) is 1. The summed E-state index contributed by atoms with van der Waals surface area (Å²) in [5, 5.41) is 8.82.